The maximum Gasteiger partial charge on any atom is 0.337 e. The first-order valence-corrected chi connectivity index (χ1v) is 9.72. The molecule has 0 bridgehead atoms. The van der Waals surface area contributed by atoms with Crippen LogP contribution in [0.3, 0.4) is 0 Å². The van der Waals surface area contributed by atoms with Crippen LogP contribution in [-0.2, 0) is 18.4 Å². The van der Waals surface area contributed by atoms with Crippen LogP contribution in [0.2, 0.25) is 12.6 Å². The van der Waals surface area contributed by atoms with E-state index in [1.54, 1.807) is 6.92 Å². The maximum atomic E-state index is 11.3. The topological polar surface area (TPSA) is 65.0 Å². The van der Waals surface area contributed by atoms with Gasteiger partial charge in [-0.3, -0.25) is 0 Å². The summed E-state index contributed by atoms with van der Waals surface area (Å²) in [5.74, 6) is -0.501. The van der Waals surface area contributed by atoms with E-state index in [1.165, 1.54) is 0 Å². The molecule has 0 saturated carbocycles. The Labute approximate surface area is 123 Å². The van der Waals surface area contributed by atoms with Crippen LogP contribution >= 0.6 is 0 Å². The van der Waals surface area contributed by atoms with Gasteiger partial charge < -0.3 is 18.7 Å². The Morgan fingerprint density at radius 2 is 2.10 bits per heavy atom. The maximum absolute atomic E-state index is 11.3. The summed E-state index contributed by atoms with van der Waals surface area (Å²) in [6.07, 6.45) is 2.15. The molecule has 0 heterocycles. The fraction of sp³-hybridized carbons (Fsp3) is 0.786. The monoisotopic (exact) mass is 304 g/mol. The number of ether oxygens (including phenoxy) is 1. The highest BCUT2D eigenvalue weighted by Crippen LogP contribution is 2.21. The van der Waals surface area contributed by atoms with E-state index in [1.807, 2.05) is 20.4 Å². The van der Waals surface area contributed by atoms with Gasteiger partial charge in [0.1, 0.15) is 0 Å². The second-order valence-electron chi connectivity index (χ2n) is 4.97. The molecule has 118 valence electrons. The molecular formula is C14H28O5Si. The molecule has 5 nitrogen and oxygen atoms in total. The Morgan fingerprint density at radius 1 is 1.45 bits per heavy atom. The molecule has 1 N–H and O–H groups in total. The Hall–Kier alpha value is -0.693. The molecule has 0 radical (unpaired) electrons. The highest BCUT2D eigenvalue weighted by molar-refractivity contribution is 6.66. The zero-order valence-corrected chi connectivity index (χ0v) is 14.1. The lowest BCUT2D eigenvalue weighted by Gasteiger charge is -2.31. The lowest BCUT2D eigenvalue weighted by atomic mass is 10.3. The Morgan fingerprint density at radius 3 is 2.55 bits per heavy atom. The number of hydrogen-bond acceptors (Lipinski definition) is 5. The van der Waals surface area contributed by atoms with Crippen molar-refractivity contribution in [3.8, 4) is 0 Å². The van der Waals surface area contributed by atoms with Crippen molar-refractivity contribution in [3.63, 3.8) is 0 Å². The van der Waals surface area contributed by atoms with Crippen molar-refractivity contribution in [1.29, 1.82) is 0 Å². The molecule has 0 spiro atoms. The standard InChI is InChI=1S/C14H28O5Si/c1-6-10-17-20(5,11-9-12(4)15)19-14(8-3)18-13(16)7-2/h7,12,14-15H,2,6,8-11H2,1,3-5H3. The van der Waals surface area contributed by atoms with Gasteiger partial charge in [0.15, 0.2) is 6.29 Å². The minimum Gasteiger partial charge on any atom is -0.434 e. The zero-order chi connectivity index (χ0) is 15.6. The largest absolute Gasteiger partial charge is 0.434 e. The van der Waals surface area contributed by atoms with E-state index < -0.39 is 26.9 Å². The molecule has 0 aliphatic rings. The van der Waals surface area contributed by atoms with Crippen LogP contribution in [0.1, 0.15) is 40.0 Å². The molecule has 20 heavy (non-hydrogen) atoms. The van der Waals surface area contributed by atoms with Crippen molar-refractivity contribution in [2.24, 2.45) is 0 Å². The average Bonchev–Trinajstić information content (AvgIpc) is 2.42. The van der Waals surface area contributed by atoms with E-state index in [2.05, 4.69) is 6.58 Å². The number of carbonyl (C=O) groups excluding carboxylic acids is 1. The molecule has 0 aromatic carbocycles. The molecule has 0 aliphatic heterocycles. The second-order valence-corrected chi connectivity index (χ2v) is 8.26. The summed E-state index contributed by atoms with van der Waals surface area (Å²) in [5, 5.41) is 9.43. The summed E-state index contributed by atoms with van der Waals surface area (Å²) in [4.78, 5) is 11.3. The van der Waals surface area contributed by atoms with Gasteiger partial charge in [0, 0.05) is 19.1 Å². The lowest BCUT2D eigenvalue weighted by molar-refractivity contribution is -0.161. The summed E-state index contributed by atoms with van der Waals surface area (Å²) in [5.41, 5.74) is 0. The first-order chi connectivity index (χ1) is 9.36. The zero-order valence-electron chi connectivity index (χ0n) is 13.1. The fourth-order valence-corrected chi connectivity index (χ4v) is 4.28. The normalized spacial score (nSPS) is 17.1. The summed E-state index contributed by atoms with van der Waals surface area (Å²) in [6, 6.07) is 0.660. The van der Waals surface area contributed by atoms with E-state index in [0.717, 1.165) is 12.5 Å². The molecule has 0 rings (SSSR count). The predicted octanol–water partition coefficient (Wildman–Crippen LogP) is 2.74. The second kappa shape index (κ2) is 10.1. The third-order valence-electron chi connectivity index (χ3n) is 2.76. The predicted molar refractivity (Wildman–Crippen MR) is 80.4 cm³/mol. The molecule has 0 aliphatic carbocycles. The molecule has 3 unspecified atom stereocenters. The quantitative estimate of drug-likeness (QED) is 0.275. The number of rotatable bonds is 11. The summed E-state index contributed by atoms with van der Waals surface area (Å²) in [6.45, 7) is 11.6. The summed E-state index contributed by atoms with van der Waals surface area (Å²) >= 11 is 0. The fourth-order valence-electron chi connectivity index (χ4n) is 1.60. The Bertz CT molecular complexity index is 295. The van der Waals surface area contributed by atoms with Crippen molar-refractivity contribution in [3.05, 3.63) is 12.7 Å². The minimum absolute atomic E-state index is 0.397. The molecule has 0 aromatic rings. The molecule has 6 heteroatoms. The van der Waals surface area contributed by atoms with Gasteiger partial charge in [-0.15, -0.1) is 0 Å². The van der Waals surface area contributed by atoms with Gasteiger partial charge in [0.05, 0.1) is 6.10 Å². The summed E-state index contributed by atoms with van der Waals surface area (Å²) < 4.78 is 16.9. The van der Waals surface area contributed by atoms with Gasteiger partial charge >= 0.3 is 14.5 Å². The third-order valence-corrected chi connectivity index (χ3v) is 5.53. The van der Waals surface area contributed by atoms with Crippen LogP contribution in [0.4, 0.5) is 0 Å². The molecule has 0 amide bonds. The number of carbonyl (C=O) groups is 1. The van der Waals surface area contributed by atoms with Crippen LogP contribution in [-0.4, -0.2) is 38.6 Å². The van der Waals surface area contributed by atoms with E-state index in [-0.39, 0.29) is 0 Å². The van der Waals surface area contributed by atoms with Gasteiger partial charge in [0.2, 0.25) is 0 Å². The highest BCUT2D eigenvalue weighted by Gasteiger charge is 2.35. The minimum atomic E-state index is -2.47. The van der Waals surface area contributed by atoms with Crippen LogP contribution in [0.5, 0.6) is 0 Å². The molecule has 0 fully saturated rings. The smallest absolute Gasteiger partial charge is 0.337 e. The Kier molecular flexibility index (Phi) is 9.74. The van der Waals surface area contributed by atoms with Crippen LogP contribution in [0.15, 0.2) is 12.7 Å². The van der Waals surface area contributed by atoms with Gasteiger partial charge in [0.25, 0.3) is 0 Å². The number of hydrogen-bond donors (Lipinski definition) is 1. The van der Waals surface area contributed by atoms with Crippen molar-refractivity contribution < 1.29 is 23.5 Å². The van der Waals surface area contributed by atoms with E-state index in [9.17, 15) is 9.90 Å². The van der Waals surface area contributed by atoms with Crippen molar-refractivity contribution >= 4 is 14.5 Å². The first kappa shape index (κ1) is 19.3. The SMILES string of the molecule is C=CC(=O)OC(CC)O[Si](C)(CCC(C)O)OCCC. The molecule has 0 aromatic heterocycles. The summed E-state index contributed by atoms with van der Waals surface area (Å²) in [7, 11) is -2.47. The molecular weight excluding hydrogens is 276 g/mol. The van der Waals surface area contributed by atoms with Crippen LogP contribution < -0.4 is 0 Å². The lowest BCUT2D eigenvalue weighted by Crippen LogP contribution is -2.44. The van der Waals surface area contributed by atoms with E-state index >= 15 is 0 Å². The van der Waals surface area contributed by atoms with Gasteiger partial charge in [-0.05, 0) is 32.4 Å². The first-order valence-electron chi connectivity index (χ1n) is 7.19. The van der Waals surface area contributed by atoms with Crippen LogP contribution in [0, 0.1) is 0 Å². The number of aliphatic hydroxyl groups excluding tert-OH is 1. The van der Waals surface area contributed by atoms with E-state index in [0.29, 0.717) is 25.5 Å². The van der Waals surface area contributed by atoms with E-state index in [4.69, 9.17) is 13.6 Å². The van der Waals surface area contributed by atoms with Crippen LogP contribution in [0.25, 0.3) is 0 Å². The highest BCUT2D eigenvalue weighted by atomic mass is 28.4. The van der Waals surface area contributed by atoms with Crippen molar-refractivity contribution in [1.82, 2.24) is 0 Å². The number of aliphatic hydroxyl groups is 1. The van der Waals surface area contributed by atoms with Gasteiger partial charge in [-0.25, -0.2) is 4.79 Å². The molecule has 3 atom stereocenters. The van der Waals surface area contributed by atoms with Crippen molar-refractivity contribution in [2.45, 2.75) is 65.0 Å². The molecule has 0 saturated heterocycles. The number of esters is 1. The Balaban J connectivity index is 4.64. The average molecular weight is 304 g/mol. The van der Waals surface area contributed by atoms with Gasteiger partial charge in [-0.1, -0.05) is 20.4 Å². The van der Waals surface area contributed by atoms with Gasteiger partial charge in [-0.2, -0.15) is 0 Å². The van der Waals surface area contributed by atoms with Crippen molar-refractivity contribution in [2.75, 3.05) is 6.61 Å². The third kappa shape index (κ3) is 8.47.